The van der Waals surface area contributed by atoms with Gasteiger partial charge in [0, 0.05) is 38.0 Å². The summed E-state index contributed by atoms with van der Waals surface area (Å²) in [7, 11) is -3.16. The van der Waals surface area contributed by atoms with Gasteiger partial charge in [-0.3, -0.25) is 4.90 Å². The number of sulfonamides is 1. The summed E-state index contributed by atoms with van der Waals surface area (Å²) in [5.41, 5.74) is 4.22. The second-order valence-electron chi connectivity index (χ2n) is 7.94. The predicted octanol–water partition coefficient (Wildman–Crippen LogP) is 1.82. The van der Waals surface area contributed by atoms with Gasteiger partial charge in [0.2, 0.25) is 10.0 Å². The number of nitrogens with one attached hydrogen (secondary N) is 1. The van der Waals surface area contributed by atoms with Gasteiger partial charge in [0.15, 0.2) is 0 Å². The lowest BCUT2D eigenvalue weighted by atomic mass is 9.74. The maximum Gasteiger partial charge on any atom is 0.208 e. The molecule has 5 rings (SSSR count). The van der Waals surface area contributed by atoms with E-state index in [4.69, 9.17) is 4.74 Å². The van der Waals surface area contributed by atoms with Crippen molar-refractivity contribution in [3.8, 4) is 0 Å². The minimum atomic E-state index is -3.16. The first-order valence-electron chi connectivity index (χ1n) is 9.09. The molecule has 0 saturated carbocycles. The molecular weight excluding hydrogens is 370 g/mol. The van der Waals surface area contributed by atoms with Crippen LogP contribution in [0.4, 0.5) is 0 Å². The van der Waals surface area contributed by atoms with E-state index in [9.17, 15) is 8.42 Å². The SMILES string of the molecule is CS(=O)(=O)NC[C@H]1[C@H]2CN(Cc3cccc4ncsc34)C[C@]23CC[C@H]1O3. The summed E-state index contributed by atoms with van der Waals surface area (Å²) in [6.45, 7) is 3.31. The Morgan fingerprint density at radius 2 is 2.35 bits per heavy atom. The van der Waals surface area contributed by atoms with Crippen LogP contribution in [0, 0.1) is 11.8 Å². The zero-order valence-corrected chi connectivity index (χ0v) is 16.4. The van der Waals surface area contributed by atoms with Gasteiger partial charge in [-0.2, -0.15) is 0 Å². The molecule has 1 spiro atoms. The molecule has 1 aromatic carbocycles. The highest BCUT2D eigenvalue weighted by Crippen LogP contribution is 2.54. The van der Waals surface area contributed by atoms with Gasteiger partial charge in [0.05, 0.1) is 33.7 Å². The quantitative estimate of drug-likeness (QED) is 0.839. The number of ether oxygens (including phenoxy) is 1. The van der Waals surface area contributed by atoms with Gasteiger partial charge >= 0.3 is 0 Å². The highest BCUT2D eigenvalue weighted by molar-refractivity contribution is 7.88. The third-order valence-electron chi connectivity index (χ3n) is 6.27. The first-order valence-corrected chi connectivity index (χ1v) is 11.9. The lowest BCUT2D eigenvalue weighted by Crippen LogP contribution is -2.41. The Bertz CT molecular complexity index is 944. The number of benzene rings is 1. The Morgan fingerprint density at radius 3 is 3.19 bits per heavy atom. The van der Waals surface area contributed by atoms with Gasteiger partial charge < -0.3 is 4.74 Å². The molecule has 0 radical (unpaired) electrons. The normalized spacial score (nSPS) is 34.0. The fraction of sp³-hybridized carbons (Fsp3) is 0.611. The molecule has 3 aliphatic heterocycles. The first-order chi connectivity index (χ1) is 12.4. The van der Waals surface area contributed by atoms with Gasteiger partial charge in [-0.25, -0.2) is 18.1 Å². The third kappa shape index (κ3) is 2.79. The molecule has 2 bridgehead atoms. The van der Waals surface area contributed by atoms with Crippen LogP contribution in [0.2, 0.25) is 0 Å². The van der Waals surface area contributed by atoms with E-state index in [0.717, 1.165) is 38.0 Å². The zero-order valence-electron chi connectivity index (χ0n) is 14.7. The maximum absolute atomic E-state index is 11.5. The van der Waals surface area contributed by atoms with Crippen LogP contribution in [0.1, 0.15) is 18.4 Å². The minimum Gasteiger partial charge on any atom is -0.370 e. The molecule has 8 heteroatoms. The van der Waals surface area contributed by atoms with Gasteiger partial charge in [-0.05, 0) is 24.5 Å². The Labute approximate surface area is 157 Å². The molecule has 1 N–H and O–H groups in total. The van der Waals surface area contributed by atoms with Crippen molar-refractivity contribution in [3.63, 3.8) is 0 Å². The summed E-state index contributed by atoms with van der Waals surface area (Å²) in [6, 6.07) is 6.32. The Balaban J connectivity index is 1.35. The lowest BCUT2D eigenvalue weighted by Gasteiger charge is -2.29. The van der Waals surface area contributed by atoms with E-state index >= 15 is 0 Å². The molecule has 26 heavy (non-hydrogen) atoms. The summed E-state index contributed by atoms with van der Waals surface area (Å²) in [5, 5.41) is 0. The largest absolute Gasteiger partial charge is 0.370 e. The summed E-state index contributed by atoms with van der Waals surface area (Å²) in [5.74, 6) is 0.693. The predicted molar refractivity (Wildman–Crippen MR) is 102 cm³/mol. The molecule has 4 heterocycles. The third-order valence-corrected chi connectivity index (χ3v) is 7.88. The average molecular weight is 394 g/mol. The van der Waals surface area contributed by atoms with E-state index in [0.29, 0.717) is 12.5 Å². The van der Waals surface area contributed by atoms with Crippen LogP contribution < -0.4 is 4.72 Å². The molecule has 6 nitrogen and oxygen atoms in total. The summed E-state index contributed by atoms with van der Waals surface area (Å²) in [4.78, 5) is 6.90. The van der Waals surface area contributed by atoms with E-state index in [2.05, 4.69) is 32.8 Å². The fourth-order valence-corrected chi connectivity index (χ4v) is 6.53. The highest BCUT2D eigenvalue weighted by atomic mass is 32.2. The van der Waals surface area contributed by atoms with E-state index < -0.39 is 10.0 Å². The average Bonchev–Trinajstić information content (AvgIpc) is 3.31. The topological polar surface area (TPSA) is 71.5 Å². The number of fused-ring (bicyclic) bond motifs is 2. The van der Waals surface area contributed by atoms with Crippen LogP contribution in [0.15, 0.2) is 23.7 Å². The van der Waals surface area contributed by atoms with Crippen LogP contribution in [0.3, 0.4) is 0 Å². The Morgan fingerprint density at radius 1 is 1.46 bits per heavy atom. The van der Waals surface area contributed by atoms with Crippen LogP contribution in [-0.4, -0.2) is 55.9 Å². The number of rotatable bonds is 5. The van der Waals surface area contributed by atoms with Gasteiger partial charge in [0.1, 0.15) is 0 Å². The molecule has 140 valence electrons. The number of likely N-dealkylation sites (tertiary alicyclic amines) is 1. The van der Waals surface area contributed by atoms with Crippen molar-refractivity contribution in [1.29, 1.82) is 0 Å². The number of thiazole rings is 1. The fourth-order valence-electron chi connectivity index (χ4n) is 5.24. The molecule has 3 aliphatic rings. The van der Waals surface area contributed by atoms with Gasteiger partial charge in [0.25, 0.3) is 0 Å². The van der Waals surface area contributed by atoms with E-state index in [1.807, 2.05) is 5.51 Å². The zero-order chi connectivity index (χ0) is 17.9. The highest BCUT2D eigenvalue weighted by Gasteiger charge is 2.62. The van der Waals surface area contributed by atoms with Crippen LogP contribution in [0.5, 0.6) is 0 Å². The monoisotopic (exact) mass is 393 g/mol. The molecule has 2 aromatic rings. The van der Waals surface area contributed by atoms with Crippen molar-refractivity contribution in [2.24, 2.45) is 11.8 Å². The van der Waals surface area contributed by atoms with Crippen molar-refractivity contribution in [3.05, 3.63) is 29.3 Å². The van der Waals surface area contributed by atoms with Gasteiger partial charge in [-0.15, -0.1) is 11.3 Å². The second-order valence-corrected chi connectivity index (χ2v) is 10.6. The van der Waals surface area contributed by atoms with Gasteiger partial charge in [-0.1, -0.05) is 12.1 Å². The molecule has 1 aromatic heterocycles. The van der Waals surface area contributed by atoms with E-state index in [1.165, 1.54) is 16.5 Å². The summed E-state index contributed by atoms with van der Waals surface area (Å²) in [6.07, 6.45) is 3.58. The van der Waals surface area contributed by atoms with E-state index in [1.54, 1.807) is 11.3 Å². The molecule has 0 aliphatic carbocycles. The van der Waals surface area contributed by atoms with Crippen molar-refractivity contribution < 1.29 is 13.2 Å². The Hall–Kier alpha value is -1.06. The van der Waals surface area contributed by atoms with Crippen molar-refractivity contribution in [2.45, 2.75) is 31.1 Å². The molecule has 0 amide bonds. The minimum absolute atomic E-state index is 0.0733. The van der Waals surface area contributed by atoms with Crippen LogP contribution in [0.25, 0.3) is 10.2 Å². The number of nitrogens with zero attached hydrogens (tertiary/aromatic N) is 2. The molecule has 0 unspecified atom stereocenters. The van der Waals surface area contributed by atoms with Crippen LogP contribution >= 0.6 is 11.3 Å². The van der Waals surface area contributed by atoms with Crippen molar-refractivity contribution in [2.75, 3.05) is 25.9 Å². The maximum atomic E-state index is 11.5. The van der Waals surface area contributed by atoms with Crippen LogP contribution in [-0.2, 0) is 21.3 Å². The molecule has 4 atom stereocenters. The molecule has 3 fully saturated rings. The Kier molecular flexibility index (Phi) is 3.92. The molecule has 3 saturated heterocycles. The number of aromatic nitrogens is 1. The number of hydrogen-bond acceptors (Lipinski definition) is 6. The van der Waals surface area contributed by atoms with E-state index in [-0.39, 0.29) is 17.6 Å². The summed E-state index contributed by atoms with van der Waals surface area (Å²) >= 11 is 1.70. The smallest absolute Gasteiger partial charge is 0.208 e. The lowest BCUT2D eigenvalue weighted by molar-refractivity contribution is 0.00223. The first kappa shape index (κ1) is 17.1. The van der Waals surface area contributed by atoms with Crippen molar-refractivity contribution >= 4 is 31.6 Å². The van der Waals surface area contributed by atoms with Crippen molar-refractivity contribution in [1.82, 2.24) is 14.6 Å². The summed E-state index contributed by atoms with van der Waals surface area (Å²) < 4.78 is 33.4. The number of hydrogen-bond donors (Lipinski definition) is 1. The second kappa shape index (κ2) is 5.97. The standard InChI is InChI=1S/C18H23N3O3S2/c1-26(22,23)20-7-13-14-9-21(10-18(14)6-5-16(13)24-18)8-12-3-2-4-15-17(12)25-11-19-15/h2-4,11,13-14,16,20H,5-10H2,1H3/t13-,14+,16+,18+/m0/s1. The molecular formula is C18H23N3O3S2.